The highest BCUT2D eigenvalue weighted by Gasteiger charge is 2.17. The maximum Gasteiger partial charge on any atom is 0.278 e. The summed E-state index contributed by atoms with van der Waals surface area (Å²) in [6.45, 7) is 0. The van der Waals surface area contributed by atoms with Gasteiger partial charge in [-0.2, -0.15) is 0 Å². The van der Waals surface area contributed by atoms with Gasteiger partial charge in [-0.25, -0.2) is 9.97 Å². The van der Waals surface area contributed by atoms with Gasteiger partial charge in [-0.1, -0.05) is 36.4 Å². The molecule has 0 spiro atoms. The number of benzene rings is 1. The molecule has 0 fully saturated rings. The number of carbonyl (C=O) groups is 1. The van der Waals surface area contributed by atoms with Crippen LogP contribution in [0.2, 0.25) is 0 Å². The van der Waals surface area contributed by atoms with E-state index in [1.807, 2.05) is 53.9 Å². The van der Waals surface area contributed by atoms with E-state index in [1.165, 1.54) is 17.5 Å². The van der Waals surface area contributed by atoms with E-state index in [0.717, 1.165) is 11.3 Å². The molecule has 3 aromatic heterocycles. The molecule has 126 valence electrons. The molecule has 3 heterocycles. The minimum Gasteiger partial charge on any atom is -0.296 e. The number of anilines is 1. The Morgan fingerprint density at radius 1 is 0.846 bits per heavy atom. The van der Waals surface area contributed by atoms with Crippen molar-refractivity contribution in [2.75, 3.05) is 5.32 Å². The average molecular weight is 359 g/mol. The highest BCUT2D eigenvalue weighted by atomic mass is 32.1. The highest BCUT2D eigenvalue weighted by Crippen LogP contribution is 2.25. The minimum absolute atomic E-state index is 0.258. The molecule has 0 saturated heterocycles. The van der Waals surface area contributed by atoms with Crippen molar-refractivity contribution in [2.24, 2.45) is 0 Å². The van der Waals surface area contributed by atoms with Crippen molar-refractivity contribution in [3.63, 3.8) is 0 Å². The Kier molecular flexibility index (Phi) is 4.44. The fraction of sp³-hybridized carbons (Fsp3) is 0. The number of rotatable bonds is 4. The number of hydrogen-bond donors (Lipinski definition) is 1. The molecule has 0 atom stereocenters. The van der Waals surface area contributed by atoms with Gasteiger partial charge in [0.1, 0.15) is 11.4 Å². The number of nitrogens with one attached hydrogen (secondary N) is 1. The summed E-state index contributed by atoms with van der Waals surface area (Å²) >= 11 is 1.34. The number of hydrogen-bond acceptors (Lipinski definition) is 6. The second-order valence-electron chi connectivity index (χ2n) is 5.33. The van der Waals surface area contributed by atoms with Crippen LogP contribution in [-0.2, 0) is 0 Å². The number of carbonyl (C=O) groups excluding carboxylic acids is 1. The van der Waals surface area contributed by atoms with Gasteiger partial charge in [0.25, 0.3) is 5.91 Å². The predicted octanol–water partition coefficient (Wildman–Crippen LogP) is 3.91. The van der Waals surface area contributed by atoms with Gasteiger partial charge in [-0.05, 0) is 12.1 Å². The van der Waals surface area contributed by atoms with Crippen molar-refractivity contribution in [3.8, 4) is 22.6 Å². The summed E-state index contributed by atoms with van der Waals surface area (Å²) in [5, 5.41) is 5.14. The topological polar surface area (TPSA) is 80.7 Å². The lowest BCUT2D eigenvalue weighted by molar-refractivity contribution is 0.102. The lowest BCUT2D eigenvalue weighted by Gasteiger charge is -2.06. The first-order chi connectivity index (χ1) is 12.8. The second kappa shape index (κ2) is 7.20. The van der Waals surface area contributed by atoms with Crippen molar-refractivity contribution < 1.29 is 4.79 Å². The van der Waals surface area contributed by atoms with E-state index >= 15 is 0 Å². The fourth-order valence-corrected chi connectivity index (χ4v) is 3.13. The van der Waals surface area contributed by atoms with E-state index in [0.29, 0.717) is 16.5 Å². The van der Waals surface area contributed by atoms with Crippen LogP contribution < -0.4 is 5.32 Å². The number of pyridine rings is 1. The van der Waals surface area contributed by atoms with Crippen LogP contribution >= 0.6 is 11.3 Å². The molecule has 0 bridgehead atoms. The van der Waals surface area contributed by atoms with Gasteiger partial charge < -0.3 is 0 Å². The minimum atomic E-state index is -0.348. The predicted molar refractivity (Wildman–Crippen MR) is 101 cm³/mol. The van der Waals surface area contributed by atoms with Crippen LogP contribution in [0.1, 0.15) is 10.5 Å². The summed E-state index contributed by atoms with van der Waals surface area (Å²) in [5.74, 6) is -0.348. The van der Waals surface area contributed by atoms with Crippen molar-refractivity contribution >= 4 is 22.4 Å². The van der Waals surface area contributed by atoms with Gasteiger partial charge in [-0.3, -0.25) is 20.1 Å². The molecule has 4 rings (SSSR count). The molecule has 4 aromatic rings. The number of thiazole rings is 1. The summed E-state index contributed by atoms with van der Waals surface area (Å²) in [7, 11) is 0. The largest absolute Gasteiger partial charge is 0.296 e. The SMILES string of the molecule is O=C(Nc1nc(-c2ccccn2)cs1)c1nccnc1-c1ccccc1. The zero-order valence-electron chi connectivity index (χ0n) is 13.5. The molecule has 6 nitrogen and oxygen atoms in total. The average Bonchev–Trinajstić information content (AvgIpc) is 3.18. The van der Waals surface area contributed by atoms with Crippen LogP contribution in [0.25, 0.3) is 22.6 Å². The first kappa shape index (κ1) is 16.0. The molecule has 1 aromatic carbocycles. The smallest absolute Gasteiger partial charge is 0.278 e. The lowest BCUT2D eigenvalue weighted by atomic mass is 10.1. The van der Waals surface area contributed by atoms with Crippen molar-refractivity contribution in [1.82, 2.24) is 19.9 Å². The highest BCUT2D eigenvalue weighted by molar-refractivity contribution is 7.14. The first-order valence-corrected chi connectivity index (χ1v) is 8.74. The molecule has 1 amide bonds. The molecule has 0 saturated carbocycles. The molecule has 0 radical (unpaired) electrons. The molecule has 0 aliphatic heterocycles. The van der Waals surface area contributed by atoms with Crippen molar-refractivity contribution in [3.05, 3.63) is 78.2 Å². The molecule has 1 N–H and O–H groups in total. The Hall–Kier alpha value is -3.45. The Balaban J connectivity index is 1.59. The standard InChI is InChI=1S/C19H13N5OS/c25-18(17-16(21-10-11-22-17)13-6-2-1-3-7-13)24-19-23-15(12-26-19)14-8-4-5-9-20-14/h1-12H,(H,23,24,25). The van der Waals surface area contributed by atoms with Crippen LogP contribution in [0, 0.1) is 0 Å². The summed E-state index contributed by atoms with van der Waals surface area (Å²) in [6, 6.07) is 15.1. The first-order valence-electron chi connectivity index (χ1n) is 7.86. The van der Waals surface area contributed by atoms with Gasteiger partial charge in [0, 0.05) is 29.5 Å². The second-order valence-corrected chi connectivity index (χ2v) is 6.18. The number of aromatic nitrogens is 4. The van der Waals surface area contributed by atoms with Crippen LogP contribution in [0.4, 0.5) is 5.13 Å². The van der Waals surface area contributed by atoms with Gasteiger partial charge in [0.05, 0.1) is 5.69 Å². The van der Waals surface area contributed by atoms with Crippen LogP contribution in [0.3, 0.4) is 0 Å². The molecule has 0 unspecified atom stereocenters. The van der Waals surface area contributed by atoms with Gasteiger partial charge >= 0.3 is 0 Å². The molecule has 7 heteroatoms. The Bertz CT molecular complexity index is 1030. The molecular formula is C19H13N5OS. The van der Waals surface area contributed by atoms with E-state index in [9.17, 15) is 4.79 Å². The van der Waals surface area contributed by atoms with E-state index in [-0.39, 0.29) is 11.6 Å². The summed E-state index contributed by atoms with van der Waals surface area (Å²) < 4.78 is 0. The van der Waals surface area contributed by atoms with E-state index < -0.39 is 0 Å². The number of amides is 1. The van der Waals surface area contributed by atoms with Crippen molar-refractivity contribution in [1.29, 1.82) is 0 Å². The fourth-order valence-electron chi connectivity index (χ4n) is 2.43. The van der Waals surface area contributed by atoms with Gasteiger partial charge in [0.2, 0.25) is 0 Å². The normalized spacial score (nSPS) is 10.5. The van der Waals surface area contributed by atoms with Crippen LogP contribution in [0.5, 0.6) is 0 Å². The molecule has 0 aliphatic rings. The third-order valence-corrected chi connectivity index (χ3v) is 4.37. The van der Waals surface area contributed by atoms with Crippen molar-refractivity contribution in [2.45, 2.75) is 0 Å². The quantitative estimate of drug-likeness (QED) is 0.597. The summed E-state index contributed by atoms with van der Waals surface area (Å²) in [5.41, 5.74) is 3.10. The Morgan fingerprint density at radius 3 is 2.46 bits per heavy atom. The maximum absolute atomic E-state index is 12.7. The molecule has 0 aliphatic carbocycles. The summed E-state index contributed by atoms with van der Waals surface area (Å²) in [4.78, 5) is 29.9. The third-order valence-electron chi connectivity index (χ3n) is 3.61. The third kappa shape index (κ3) is 3.33. The Morgan fingerprint density at radius 2 is 1.65 bits per heavy atom. The maximum atomic E-state index is 12.7. The van der Waals surface area contributed by atoms with E-state index in [1.54, 1.807) is 12.4 Å². The van der Waals surface area contributed by atoms with Crippen LogP contribution in [0.15, 0.2) is 72.5 Å². The number of nitrogens with zero attached hydrogens (tertiary/aromatic N) is 4. The van der Waals surface area contributed by atoms with Gasteiger partial charge in [-0.15, -0.1) is 11.3 Å². The summed E-state index contributed by atoms with van der Waals surface area (Å²) in [6.07, 6.45) is 4.78. The lowest BCUT2D eigenvalue weighted by Crippen LogP contribution is -2.15. The van der Waals surface area contributed by atoms with Gasteiger partial charge in [0.15, 0.2) is 10.8 Å². The monoisotopic (exact) mass is 359 g/mol. The zero-order valence-corrected chi connectivity index (χ0v) is 14.4. The Labute approximate surface area is 153 Å². The van der Waals surface area contributed by atoms with E-state index in [4.69, 9.17) is 0 Å². The van der Waals surface area contributed by atoms with Crippen LogP contribution in [-0.4, -0.2) is 25.8 Å². The zero-order chi connectivity index (χ0) is 17.8. The molecular weight excluding hydrogens is 346 g/mol. The van der Waals surface area contributed by atoms with E-state index in [2.05, 4.69) is 25.3 Å². The molecule has 26 heavy (non-hydrogen) atoms.